The molecule has 4 aromatic rings. The molecule has 0 radical (unpaired) electrons. The van der Waals surface area contributed by atoms with Gasteiger partial charge in [0.1, 0.15) is 5.01 Å². The van der Waals surface area contributed by atoms with E-state index in [0.29, 0.717) is 39.9 Å². The summed E-state index contributed by atoms with van der Waals surface area (Å²) in [6.45, 7) is 12.4. The first-order valence-electron chi connectivity index (χ1n) is 15.6. The summed E-state index contributed by atoms with van der Waals surface area (Å²) < 4.78 is 1.79. The van der Waals surface area contributed by atoms with Crippen molar-refractivity contribution in [1.82, 2.24) is 19.8 Å². The number of benzene rings is 2. The van der Waals surface area contributed by atoms with Gasteiger partial charge in [-0.3, -0.25) is 14.2 Å². The molecule has 3 heterocycles. The lowest BCUT2D eigenvalue weighted by Crippen LogP contribution is -2.52. The maximum absolute atomic E-state index is 14.7. The van der Waals surface area contributed by atoms with Crippen molar-refractivity contribution >= 4 is 34.9 Å². The molecule has 0 bridgehead atoms. The predicted molar refractivity (Wildman–Crippen MR) is 184 cm³/mol. The van der Waals surface area contributed by atoms with Gasteiger partial charge >= 0.3 is 0 Å². The number of allylic oxidation sites excluding steroid dienone is 1. The van der Waals surface area contributed by atoms with Crippen molar-refractivity contribution < 1.29 is 4.79 Å². The summed E-state index contributed by atoms with van der Waals surface area (Å²) in [4.78, 5) is 36.1. The Morgan fingerprint density at radius 2 is 1.80 bits per heavy atom. The van der Waals surface area contributed by atoms with Crippen LogP contribution in [0.3, 0.4) is 0 Å². The fourth-order valence-corrected chi connectivity index (χ4v) is 6.93. The second-order valence-electron chi connectivity index (χ2n) is 11.6. The number of nitrogens with one attached hydrogen (secondary N) is 1. The molecule has 0 spiro atoms. The molecule has 1 atom stereocenters. The summed E-state index contributed by atoms with van der Waals surface area (Å²) in [7, 11) is 0. The molecule has 6 nitrogen and oxygen atoms in total. The number of carbonyl (C=O) groups excluding carboxylic acids is 1. The minimum Gasteiger partial charge on any atom is -0.336 e. The Morgan fingerprint density at radius 3 is 2.43 bits per heavy atom. The zero-order chi connectivity index (χ0) is 31.4. The Hall–Kier alpha value is -3.52. The van der Waals surface area contributed by atoms with E-state index in [4.69, 9.17) is 16.6 Å². The van der Waals surface area contributed by atoms with Gasteiger partial charge in [-0.1, -0.05) is 74.7 Å². The number of piperazine rings is 1. The molecule has 1 unspecified atom stereocenters. The molecule has 1 aliphatic rings. The van der Waals surface area contributed by atoms with E-state index in [9.17, 15) is 9.59 Å². The Labute approximate surface area is 269 Å². The zero-order valence-corrected chi connectivity index (χ0v) is 27.8. The van der Waals surface area contributed by atoms with E-state index in [0.717, 1.165) is 65.9 Å². The lowest BCUT2D eigenvalue weighted by molar-refractivity contribution is 0.0698. The van der Waals surface area contributed by atoms with Gasteiger partial charge in [-0.2, -0.15) is 0 Å². The van der Waals surface area contributed by atoms with Gasteiger partial charge in [0.15, 0.2) is 0 Å². The summed E-state index contributed by atoms with van der Waals surface area (Å²) in [6, 6.07) is 15.8. The molecule has 5 rings (SSSR count). The third-order valence-corrected chi connectivity index (χ3v) is 9.27. The molecule has 1 saturated heterocycles. The van der Waals surface area contributed by atoms with Crippen molar-refractivity contribution in [2.24, 2.45) is 0 Å². The second kappa shape index (κ2) is 14.1. The van der Waals surface area contributed by atoms with Gasteiger partial charge in [0.2, 0.25) is 0 Å². The fraction of sp³-hybridized carbons (Fsp3) is 0.361. The van der Waals surface area contributed by atoms with Crippen molar-refractivity contribution in [2.45, 2.75) is 66.3 Å². The van der Waals surface area contributed by atoms with E-state index >= 15 is 0 Å². The maximum atomic E-state index is 14.7. The molecule has 1 fully saturated rings. The molecule has 0 aliphatic carbocycles. The van der Waals surface area contributed by atoms with Crippen LogP contribution in [0, 0.1) is 0 Å². The summed E-state index contributed by atoms with van der Waals surface area (Å²) in [6.07, 6.45) is 5.55. The van der Waals surface area contributed by atoms with Crippen LogP contribution in [0.1, 0.15) is 74.6 Å². The lowest BCUT2D eigenvalue weighted by Gasteiger charge is -2.34. The average Bonchev–Trinajstić information content (AvgIpc) is 3.51. The van der Waals surface area contributed by atoms with Crippen LogP contribution in [-0.4, -0.2) is 46.0 Å². The van der Waals surface area contributed by atoms with E-state index in [1.165, 1.54) is 11.3 Å². The van der Waals surface area contributed by atoms with Crippen LogP contribution in [-0.2, 0) is 12.8 Å². The van der Waals surface area contributed by atoms with Gasteiger partial charge in [-0.15, -0.1) is 11.3 Å². The highest BCUT2D eigenvalue weighted by Gasteiger charge is 2.29. The largest absolute Gasteiger partial charge is 0.336 e. The smallest absolute Gasteiger partial charge is 0.265 e. The standard InChI is InChI=1S/C36H41ClN4O2S/c1-6-10-28-21-40(18-17-38-28)35(42)29-20-30(34-39-31(22-44-34)26-13-15-27(37)16-14-26)36(43)41(32(29)19-23(4)5)33-24(7-2)11-9-12-25(33)8-3/h9,11-16,19-20,22,28,38H,6-8,10,17-18,21H2,1-5H3. The highest BCUT2D eigenvalue weighted by molar-refractivity contribution is 7.13. The number of thiazole rings is 1. The number of rotatable bonds is 9. The third-order valence-electron chi connectivity index (χ3n) is 8.14. The Bertz CT molecular complexity index is 1710. The van der Waals surface area contributed by atoms with Crippen LogP contribution < -0.4 is 10.9 Å². The predicted octanol–water partition coefficient (Wildman–Crippen LogP) is 8.04. The number of hydrogen-bond donors (Lipinski definition) is 1. The SMILES string of the molecule is CCCC1CN(C(=O)c2cc(-c3nc(-c4ccc(Cl)cc4)cs3)c(=O)n(-c3c(CC)cccc3CC)c2C=C(C)C)CCN1. The highest BCUT2D eigenvalue weighted by atomic mass is 35.5. The normalized spacial score (nSPS) is 15.0. The van der Waals surface area contributed by atoms with E-state index in [1.807, 2.05) is 54.5 Å². The molecule has 230 valence electrons. The monoisotopic (exact) mass is 628 g/mol. The number of pyridine rings is 1. The Morgan fingerprint density at radius 1 is 1.09 bits per heavy atom. The van der Waals surface area contributed by atoms with E-state index in [2.05, 4.69) is 44.3 Å². The number of carbonyl (C=O) groups is 1. The average molecular weight is 629 g/mol. The van der Waals surface area contributed by atoms with Crippen LogP contribution in [0.4, 0.5) is 0 Å². The fourth-order valence-electron chi connectivity index (χ4n) is 5.97. The quantitative estimate of drug-likeness (QED) is 0.204. The molecule has 0 saturated carbocycles. The molecule has 8 heteroatoms. The second-order valence-corrected chi connectivity index (χ2v) is 12.9. The molecule has 2 aromatic carbocycles. The van der Waals surface area contributed by atoms with Gasteiger partial charge in [-0.05, 0) is 68.5 Å². The van der Waals surface area contributed by atoms with Gasteiger partial charge in [0.25, 0.3) is 11.5 Å². The van der Waals surface area contributed by atoms with E-state index < -0.39 is 0 Å². The molecule has 1 aliphatic heterocycles. The molecule has 44 heavy (non-hydrogen) atoms. The molecule has 2 aromatic heterocycles. The van der Waals surface area contributed by atoms with Crippen molar-refractivity contribution in [3.05, 3.63) is 97.2 Å². The summed E-state index contributed by atoms with van der Waals surface area (Å²) in [5.74, 6) is -0.0587. The number of hydrogen-bond acceptors (Lipinski definition) is 5. The van der Waals surface area contributed by atoms with Crippen molar-refractivity contribution in [3.63, 3.8) is 0 Å². The number of nitrogens with zero attached hydrogens (tertiary/aromatic N) is 3. The Kier molecular flexibility index (Phi) is 10.2. The van der Waals surface area contributed by atoms with Crippen LogP contribution in [0.15, 0.2) is 64.3 Å². The third kappa shape index (κ3) is 6.60. The van der Waals surface area contributed by atoms with Crippen LogP contribution >= 0.6 is 22.9 Å². The first-order valence-corrected chi connectivity index (χ1v) is 16.8. The highest BCUT2D eigenvalue weighted by Crippen LogP contribution is 2.32. The van der Waals surface area contributed by atoms with Gasteiger partial charge in [0, 0.05) is 41.6 Å². The van der Waals surface area contributed by atoms with Crippen LogP contribution in [0.25, 0.3) is 33.6 Å². The van der Waals surface area contributed by atoms with E-state index in [1.54, 1.807) is 10.6 Å². The maximum Gasteiger partial charge on any atom is 0.265 e. The molecular weight excluding hydrogens is 588 g/mol. The zero-order valence-electron chi connectivity index (χ0n) is 26.2. The Balaban J connectivity index is 1.79. The number of aromatic nitrogens is 2. The molecule has 1 amide bonds. The number of aryl methyl sites for hydroxylation is 2. The first-order chi connectivity index (χ1) is 21.2. The van der Waals surface area contributed by atoms with Gasteiger partial charge in [0.05, 0.1) is 28.2 Å². The minimum absolute atomic E-state index is 0.0587. The lowest BCUT2D eigenvalue weighted by atomic mass is 9.99. The van der Waals surface area contributed by atoms with E-state index in [-0.39, 0.29) is 17.5 Å². The summed E-state index contributed by atoms with van der Waals surface area (Å²) >= 11 is 7.54. The number of amides is 1. The topological polar surface area (TPSA) is 67.2 Å². The summed E-state index contributed by atoms with van der Waals surface area (Å²) in [5.41, 5.74) is 7.09. The number of halogens is 1. The number of para-hydroxylation sites is 1. The summed E-state index contributed by atoms with van der Waals surface area (Å²) in [5, 5.41) is 6.76. The minimum atomic E-state index is -0.175. The molecule has 1 N–H and O–H groups in total. The van der Waals surface area contributed by atoms with Crippen LogP contribution in [0.5, 0.6) is 0 Å². The van der Waals surface area contributed by atoms with Gasteiger partial charge in [-0.25, -0.2) is 4.98 Å². The van der Waals surface area contributed by atoms with Crippen LogP contribution in [0.2, 0.25) is 5.02 Å². The van der Waals surface area contributed by atoms with Crippen molar-refractivity contribution in [3.8, 4) is 27.5 Å². The van der Waals surface area contributed by atoms with Crippen molar-refractivity contribution in [2.75, 3.05) is 19.6 Å². The molecular formula is C36H41ClN4O2S. The first kappa shape index (κ1) is 31.9. The van der Waals surface area contributed by atoms with Gasteiger partial charge < -0.3 is 10.2 Å². The van der Waals surface area contributed by atoms with Crippen molar-refractivity contribution in [1.29, 1.82) is 0 Å².